The van der Waals surface area contributed by atoms with Crippen molar-refractivity contribution in [1.82, 2.24) is 10.6 Å². The lowest BCUT2D eigenvalue weighted by atomic mass is 10.1. The van der Waals surface area contributed by atoms with Crippen molar-refractivity contribution < 1.29 is 9.47 Å². The molecule has 0 saturated heterocycles. The molecule has 0 saturated carbocycles. The van der Waals surface area contributed by atoms with E-state index < -0.39 is 0 Å². The maximum absolute atomic E-state index is 5.97. The summed E-state index contributed by atoms with van der Waals surface area (Å²) in [5.74, 6) is 1.74. The molecule has 1 aromatic carbocycles. The first-order chi connectivity index (χ1) is 11.7. The number of para-hydroxylation sites is 1. The van der Waals surface area contributed by atoms with Crippen LogP contribution < -0.4 is 15.4 Å². The van der Waals surface area contributed by atoms with Crippen LogP contribution in [0.25, 0.3) is 0 Å². The molecule has 1 aromatic rings. The maximum Gasteiger partial charge on any atom is 0.191 e. The smallest absolute Gasteiger partial charge is 0.191 e. The van der Waals surface area contributed by atoms with Crippen LogP contribution in [-0.4, -0.2) is 45.4 Å². The van der Waals surface area contributed by atoms with Crippen LogP contribution in [0.1, 0.15) is 25.3 Å². The van der Waals surface area contributed by atoms with Gasteiger partial charge in [0.2, 0.25) is 0 Å². The fourth-order valence-electron chi connectivity index (χ4n) is 2.54. The lowest BCUT2D eigenvalue weighted by Gasteiger charge is -2.19. The number of hydrogen-bond acceptors (Lipinski definition) is 3. The predicted octanol–water partition coefficient (Wildman–Crippen LogP) is 3.28. The first-order valence-electron chi connectivity index (χ1n) is 8.61. The molecule has 0 fully saturated rings. The number of rotatable bonds is 7. The number of aryl methyl sites for hydroxylation is 1. The Morgan fingerprint density at radius 1 is 1.32 bits per heavy atom. The van der Waals surface area contributed by atoms with Gasteiger partial charge in [0.15, 0.2) is 5.96 Å². The summed E-state index contributed by atoms with van der Waals surface area (Å²) in [6.45, 7) is 7.27. The molecule has 2 rings (SSSR count). The van der Waals surface area contributed by atoms with E-state index in [0.717, 1.165) is 49.9 Å². The molecule has 6 heteroatoms. The molecule has 0 spiro atoms. The van der Waals surface area contributed by atoms with Crippen molar-refractivity contribution in [1.29, 1.82) is 0 Å². The molecule has 0 aliphatic carbocycles. The van der Waals surface area contributed by atoms with E-state index >= 15 is 0 Å². The summed E-state index contributed by atoms with van der Waals surface area (Å²) >= 11 is 0. The van der Waals surface area contributed by atoms with Gasteiger partial charge in [-0.15, -0.1) is 24.0 Å². The molecule has 5 nitrogen and oxygen atoms in total. The average molecular weight is 459 g/mol. The molecule has 1 heterocycles. The Labute approximate surface area is 168 Å². The number of hydrogen-bond donors (Lipinski definition) is 2. The first kappa shape index (κ1) is 21.8. The Morgan fingerprint density at radius 3 is 2.80 bits per heavy atom. The van der Waals surface area contributed by atoms with Crippen molar-refractivity contribution in [3.05, 3.63) is 41.5 Å². The van der Waals surface area contributed by atoms with Gasteiger partial charge in [0.25, 0.3) is 0 Å². The number of ether oxygens (including phenoxy) is 2. The highest BCUT2D eigenvalue weighted by Gasteiger charge is 2.08. The zero-order valence-corrected chi connectivity index (χ0v) is 17.7. The Balaban J connectivity index is 0.00000312. The first-order valence-corrected chi connectivity index (χ1v) is 8.61. The summed E-state index contributed by atoms with van der Waals surface area (Å²) in [6.07, 6.45) is 4.30. The Bertz CT molecular complexity index is 576. The van der Waals surface area contributed by atoms with Crippen molar-refractivity contribution in [2.45, 2.75) is 32.8 Å². The monoisotopic (exact) mass is 459 g/mol. The highest BCUT2D eigenvalue weighted by molar-refractivity contribution is 14.0. The summed E-state index contributed by atoms with van der Waals surface area (Å²) in [4.78, 5) is 4.26. The standard InChI is InChI=1S/C19H29N3O2.HI/c1-15-6-4-5-7-18(15)24-16(2)14-22-19(20-3)21-11-8-17-9-12-23-13-10-17;/h4-7,9,16H,8,10-14H2,1-3H3,(H2,20,21,22);1H. The molecular weight excluding hydrogens is 429 g/mol. The lowest BCUT2D eigenvalue weighted by molar-refractivity contribution is 0.153. The van der Waals surface area contributed by atoms with Crippen LogP contribution in [0, 0.1) is 6.92 Å². The minimum Gasteiger partial charge on any atom is -0.489 e. The largest absolute Gasteiger partial charge is 0.489 e. The van der Waals surface area contributed by atoms with Crippen LogP contribution in [0.2, 0.25) is 0 Å². The molecule has 1 atom stereocenters. The number of benzene rings is 1. The Kier molecular flexibility index (Phi) is 10.6. The van der Waals surface area contributed by atoms with Gasteiger partial charge in [0.1, 0.15) is 11.9 Å². The van der Waals surface area contributed by atoms with E-state index in [-0.39, 0.29) is 30.1 Å². The highest BCUT2D eigenvalue weighted by atomic mass is 127. The molecule has 1 aliphatic rings. The second-order valence-corrected chi connectivity index (χ2v) is 6.01. The summed E-state index contributed by atoms with van der Waals surface area (Å²) in [5, 5.41) is 6.67. The van der Waals surface area contributed by atoms with Crippen LogP contribution in [0.15, 0.2) is 40.9 Å². The molecule has 25 heavy (non-hydrogen) atoms. The molecule has 0 amide bonds. The molecule has 0 radical (unpaired) electrons. The van der Waals surface area contributed by atoms with E-state index in [0.29, 0.717) is 6.54 Å². The Hall–Kier alpha value is -1.28. The van der Waals surface area contributed by atoms with Gasteiger partial charge in [-0.3, -0.25) is 4.99 Å². The third-order valence-electron chi connectivity index (χ3n) is 4.00. The number of nitrogens with zero attached hydrogens (tertiary/aromatic N) is 1. The quantitative estimate of drug-likeness (QED) is 0.285. The topological polar surface area (TPSA) is 54.9 Å². The van der Waals surface area contributed by atoms with Crippen LogP contribution in [0.5, 0.6) is 5.75 Å². The molecule has 0 aromatic heterocycles. The predicted molar refractivity (Wildman–Crippen MR) is 114 cm³/mol. The van der Waals surface area contributed by atoms with Crippen molar-refractivity contribution in [3.63, 3.8) is 0 Å². The second-order valence-electron chi connectivity index (χ2n) is 6.01. The zero-order chi connectivity index (χ0) is 17.2. The summed E-state index contributed by atoms with van der Waals surface area (Å²) in [6, 6.07) is 8.07. The third kappa shape index (κ3) is 8.09. The van der Waals surface area contributed by atoms with Gasteiger partial charge in [-0.2, -0.15) is 0 Å². The number of halogens is 1. The van der Waals surface area contributed by atoms with E-state index in [1.54, 1.807) is 7.05 Å². The van der Waals surface area contributed by atoms with E-state index in [9.17, 15) is 0 Å². The molecule has 1 unspecified atom stereocenters. The van der Waals surface area contributed by atoms with E-state index in [1.807, 2.05) is 18.2 Å². The third-order valence-corrected chi connectivity index (χ3v) is 4.00. The van der Waals surface area contributed by atoms with Gasteiger partial charge in [0.05, 0.1) is 19.8 Å². The fraction of sp³-hybridized carbons (Fsp3) is 0.526. The van der Waals surface area contributed by atoms with Gasteiger partial charge in [-0.05, 0) is 38.3 Å². The van der Waals surface area contributed by atoms with Crippen molar-refractivity contribution in [3.8, 4) is 5.75 Å². The van der Waals surface area contributed by atoms with Gasteiger partial charge in [-0.25, -0.2) is 0 Å². The minimum absolute atomic E-state index is 0. The fourth-order valence-corrected chi connectivity index (χ4v) is 2.54. The van der Waals surface area contributed by atoms with Crippen molar-refractivity contribution in [2.24, 2.45) is 4.99 Å². The Morgan fingerprint density at radius 2 is 2.12 bits per heavy atom. The van der Waals surface area contributed by atoms with Crippen LogP contribution >= 0.6 is 24.0 Å². The minimum atomic E-state index is 0. The number of aliphatic imine (C=N–C) groups is 1. The summed E-state index contributed by atoms with van der Waals surface area (Å²) < 4.78 is 11.3. The highest BCUT2D eigenvalue weighted by Crippen LogP contribution is 2.17. The van der Waals surface area contributed by atoms with Gasteiger partial charge >= 0.3 is 0 Å². The summed E-state index contributed by atoms with van der Waals surface area (Å²) in [7, 11) is 1.79. The van der Waals surface area contributed by atoms with E-state index in [4.69, 9.17) is 9.47 Å². The number of nitrogens with one attached hydrogen (secondary N) is 2. The SMILES string of the molecule is CN=C(NCCC1=CCOCC1)NCC(C)Oc1ccccc1C.I. The average Bonchev–Trinajstić information content (AvgIpc) is 2.61. The summed E-state index contributed by atoms with van der Waals surface area (Å²) in [5.41, 5.74) is 2.61. The number of guanidine groups is 1. The van der Waals surface area contributed by atoms with Gasteiger partial charge < -0.3 is 20.1 Å². The maximum atomic E-state index is 5.97. The molecule has 140 valence electrons. The van der Waals surface area contributed by atoms with E-state index in [1.165, 1.54) is 5.57 Å². The zero-order valence-electron chi connectivity index (χ0n) is 15.4. The van der Waals surface area contributed by atoms with Crippen molar-refractivity contribution >= 4 is 29.9 Å². The molecular formula is C19H30IN3O2. The molecule has 2 N–H and O–H groups in total. The second kappa shape index (κ2) is 12.1. The van der Waals surface area contributed by atoms with E-state index in [2.05, 4.69) is 41.6 Å². The van der Waals surface area contributed by atoms with Crippen LogP contribution in [0.4, 0.5) is 0 Å². The lowest BCUT2D eigenvalue weighted by Crippen LogP contribution is -2.42. The van der Waals surface area contributed by atoms with Gasteiger partial charge in [-0.1, -0.05) is 29.8 Å². The van der Waals surface area contributed by atoms with Gasteiger partial charge in [0, 0.05) is 13.6 Å². The van der Waals surface area contributed by atoms with Crippen LogP contribution in [-0.2, 0) is 4.74 Å². The van der Waals surface area contributed by atoms with Crippen LogP contribution in [0.3, 0.4) is 0 Å². The molecule has 0 bridgehead atoms. The van der Waals surface area contributed by atoms with Crippen molar-refractivity contribution in [2.75, 3.05) is 33.4 Å². The molecule has 1 aliphatic heterocycles. The normalized spacial score (nSPS) is 15.6.